The van der Waals surface area contributed by atoms with E-state index in [-0.39, 0.29) is 17.4 Å². The van der Waals surface area contributed by atoms with Gasteiger partial charge in [0.05, 0.1) is 16.0 Å². The zero-order valence-electron chi connectivity index (χ0n) is 14.4. The molecule has 2 aromatic carbocycles. The molecule has 0 amide bonds. The second-order valence-electron chi connectivity index (χ2n) is 6.97. The quantitative estimate of drug-likeness (QED) is 0.483. The molecule has 1 aliphatic carbocycles. The van der Waals surface area contributed by atoms with Crippen LogP contribution >= 0.6 is 11.3 Å². The van der Waals surface area contributed by atoms with E-state index in [9.17, 15) is 4.39 Å². The van der Waals surface area contributed by atoms with Gasteiger partial charge in [0.2, 0.25) is 0 Å². The van der Waals surface area contributed by atoms with Crippen LogP contribution in [0, 0.1) is 17.6 Å². The standard InChI is InChI=1S/C21H22F2OS/c1-2-11-24-17-10-9-16-15-8-7-14(12-13-5-3-4-6-13)18(22)20(15)25-21(16)19(17)23/h7-10,13H,2-6,11-12H2,1H3. The van der Waals surface area contributed by atoms with Crippen molar-refractivity contribution in [1.82, 2.24) is 0 Å². The van der Waals surface area contributed by atoms with Gasteiger partial charge in [-0.25, -0.2) is 8.78 Å². The molecule has 1 fully saturated rings. The van der Waals surface area contributed by atoms with Crippen LogP contribution in [0.4, 0.5) is 8.78 Å². The molecule has 0 bridgehead atoms. The van der Waals surface area contributed by atoms with Crippen molar-refractivity contribution in [2.24, 2.45) is 5.92 Å². The number of halogens is 2. The van der Waals surface area contributed by atoms with Gasteiger partial charge in [-0.15, -0.1) is 11.3 Å². The van der Waals surface area contributed by atoms with Gasteiger partial charge in [0, 0.05) is 10.8 Å². The van der Waals surface area contributed by atoms with E-state index < -0.39 is 0 Å². The number of hydrogen-bond donors (Lipinski definition) is 0. The normalized spacial score (nSPS) is 15.5. The van der Waals surface area contributed by atoms with Crippen LogP contribution in [-0.2, 0) is 6.42 Å². The first-order valence-corrected chi connectivity index (χ1v) is 9.95. The predicted octanol–water partition coefficient (Wildman–Crippen LogP) is 6.85. The second kappa shape index (κ2) is 6.91. The summed E-state index contributed by atoms with van der Waals surface area (Å²) in [6.07, 6.45) is 6.51. The molecule has 1 saturated carbocycles. The molecule has 0 atom stereocenters. The van der Waals surface area contributed by atoms with Gasteiger partial charge in [-0.3, -0.25) is 0 Å². The van der Waals surface area contributed by atoms with Crippen molar-refractivity contribution in [2.45, 2.75) is 45.4 Å². The smallest absolute Gasteiger partial charge is 0.182 e. The van der Waals surface area contributed by atoms with E-state index in [0.29, 0.717) is 21.9 Å². The molecule has 1 aliphatic rings. The molecule has 4 rings (SSSR count). The Morgan fingerprint density at radius 1 is 1.00 bits per heavy atom. The van der Waals surface area contributed by atoms with Crippen molar-refractivity contribution < 1.29 is 13.5 Å². The Hall–Kier alpha value is -1.68. The molecule has 0 saturated heterocycles. The van der Waals surface area contributed by atoms with E-state index in [4.69, 9.17) is 4.74 Å². The van der Waals surface area contributed by atoms with Crippen LogP contribution in [0.3, 0.4) is 0 Å². The van der Waals surface area contributed by atoms with E-state index >= 15 is 4.39 Å². The Kier molecular flexibility index (Phi) is 4.63. The summed E-state index contributed by atoms with van der Waals surface area (Å²) >= 11 is 1.20. The summed E-state index contributed by atoms with van der Waals surface area (Å²) in [6.45, 7) is 2.46. The van der Waals surface area contributed by atoms with Crippen LogP contribution in [0.2, 0.25) is 0 Å². The second-order valence-corrected chi connectivity index (χ2v) is 8.00. The molecule has 1 nitrogen and oxygen atoms in total. The first-order valence-electron chi connectivity index (χ1n) is 9.14. The summed E-state index contributed by atoms with van der Waals surface area (Å²) in [7, 11) is 0. The predicted molar refractivity (Wildman–Crippen MR) is 101 cm³/mol. The molecule has 0 aliphatic heterocycles. The van der Waals surface area contributed by atoms with Gasteiger partial charge in [0.15, 0.2) is 11.6 Å². The molecule has 0 radical (unpaired) electrons. The fourth-order valence-electron chi connectivity index (χ4n) is 3.87. The minimum atomic E-state index is -0.371. The van der Waals surface area contributed by atoms with E-state index in [1.807, 2.05) is 25.1 Å². The SMILES string of the molecule is CCCOc1ccc2c(sc3c(F)c(CC4CCCC4)ccc32)c1F. The molecule has 132 valence electrons. The van der Waals surface area contributed by atoms with E-state index in [1.165, 1.54) is 37.0 Å². The lowest BCUT2D eigenvalue weighted by Crippen LogP contribution is -2.01. The molecule has 1 heterocycles. The fraction of sp³-hybridized carbons (Fsp3) is 0.429. The molecular weight excluding hydrogens is 338 g/mol. The maximum atomic E-state index is 15.1. The van der Waals surface area contributed by atoms with E-state index in [2.05, 4.69) is 0 Å². The summed E-state index contributed by atoms with van der Waals surface area (Å²) in [6, 6.07) is 7.34. The average molecular weight is 360 g/mol. The lowest BCUT2D eigenvalue weighted by atomic mass is 9.97. The molecule has 25 heavy (non-hydrogen) atoms. The maximum Gasteiger partial charge on any atom is 0.182 e. The van der Waals surface area contributed by atoms with Crippen molar-refractivity contribution in [1.29, 1.82) is 0 Å². The van der Waals surface area contributed by atoms with Crippen molar-refractivity contribution in [3.05, 3.63) is 41.5 Å². The monoisotopic (exact) mass is 360 g/mol. The first-order chi connectivity index (χ1) is 12.2. The van der Waals surface area contributed by atoms with Gasteiger partial charge in [0.1, 0.15) is 5.82 Å². The Balaban J connectivity index is 1.78. The van der Waals surface area contributed by atoms with Gasteiger partial charge in [0.25, 0.3) is 0 Å². The lowest BCUT2D eigenvalue weighted by Gasteiger charge is -2.10. The van der Waals surface area contributed by atoms with Crippen LogP contribution < -0.4 is 4.74 Å². The third-order valence-electron chi connectivity index (χ3n) is 5.18. The summed E-state index contributed by atoms with van der Waals surface area (Å²) in [5.41, 5.74) is 0.772. The molecule has 4 heteroatoms. The number of rotatable bonds is 5. The van der Waals surface area contributed by atoms with Crippen molar-refractivity contribution >= 4 is 31.5 Å². The Morgan fingerprint density at radius 2 is 1.68 bits per heavy atom. The molecular formula is C21H22F2OS. The molecule has 3 aromatic rings. The zero-order valence-corrected chi connectivity index (χ0v) is 15.2. The minimum absolute atomic E-state index is 0.166. The van der Waals surface area contributed by atoms with Crippen LogP contribution in [0.15, 0.2) is 24.3 Å². The third kappa shape index (κ3) is 3.01. The third-order valence-corrected chi connectivity index (χ3v) is 6.38. The summed E-state index contributed by atoms with van der Waals surface area (Å²) in [5.74, 6) is 0.310. The summed E-state index contributed by atoms with van der Waals surface area (Å²) in [4.78, 5) is 0. The fourth-order valence-corrected chi connectivity index (χ4v) is 5.06. The molecule has 1 aromatic heterocycles. The highest BCUT2D eigenvalue weighted by Gasteiger charge is 2.21. The highest BCUT2D eigenvalue weighted by molar-refractivity contribution is 7.25. The Labute approximate surface area is 150 Å². The van der Waals surface area contributed by atoms with Gasteiger partial charge in [-0.1, -0.05) is 44.7 Å². The van der Waals surface area contributed by atoms with Crippen molar-refractivity contribution in [2.75, 3.05) is 6.61 Å². The number of hydrogen-bond acceptors (Lipinski definition) is 2. The van der Waals surface area contributed by atoms with E-state index in [1.54, 1.807) is 6.07 Å². The van der Waals surface area contributed by atoms with Crippen molar-refractivity contribution in [3.63, 3.8) is 0 Å². The Bertz CT molecular complexity index is 909. The van der Waals surface area contributed by atoms with Crippen molar-refractivity contribution in [3.8, 4) is 5.75 Å². The average Bonchev–Trinajstić information content (AvgIpc) is 3.25. The summed E-state index contributed by atoms with van der Waals surface area (Å²) in [5, 5.41) is 1.57. The number of ether oxygens (including phenoxy) is 1. The number of thiophene rings is 1. The highest BCUT2D eigenvalue weighted by atomic mass is 32.1. The maximum absolute atomic E-state index is 15.1. The zero-order chi connectivity index (χ0) is 17.4. The van der Waals surface area contributed by atoms with Crippen LogP contribution in [-0.4, -0.2) is 6.61 Å². The van der Waals surface area contributed by atoms with Crippen LogP contribution in [0.5, 0.6) is 5.75 Å². The highest BCUT2D eigenvalue weighted by Crippen LogP contribution is 2.41. The molecule has 0 N–H and O–H groups in total. The lowest BCUT2D eigenvalue weighted by molar-refractivity contribution is 0.303. The van der Waals surface area contributed by atoms with Crippen LogP contribution in [0.1, 0.15) is 44.6 Å². The first kappa shape index (κ1) is 16.8. The largest absolute Gasteiger partial charge is 0.490 e. The van der Waals surface area contributed by atoms with Gasteiger partial charge >= 0.3 is 0 Å². The Morgan fingerprint density at radius 3 is 2.40 bits per heavy atom. The van der Waals surface area contributed by atoms with E-state index in [0.717, 1.165) is 29.2 Å². The molecule has 0 unspecified atom stereocenters. The van der Waals surface area contributed by atoms with Gasteiger partial charge < -0.3 is 4.74 Å². The summed E-state index contributed by atoms with van der Waals surface area (Å²) < 4.78 is 36.3. The molecule has 0 spiro atoms. The minimum Gasteiger partial charge on any atom is -0.490 e. The van der Waals surface area contributed by atoms with Gasteiger partial charge in [-0.05, 0) is 36.5 Å². The van der Waals surface area contributed by atoms with Crippen LogP contribution in [0.25, 0.3) is 20.2 Å². The topological polar surface area (TPSA) is 9.23 Å². The van der Waals surface area contributed by atoms with Gasteiger partial charge in [-0.2, -0.15) is 0 Å². The number of fused-ring (bicyclic) bond motifs is 3. The number of benzene rings is 2.